The van der Waals surface area contributed by atoms with Crippen LogP contribution in [0.3, 0.4) is 0 Å². The third kappa shape index (κ3) is 4.20. The standard InChI is InChI=1S/C7H7.2ClH.Cr/c1-7-5-3-2-4-6-7;;;/h2-6H,1H2;2*1H;/q;;;+2/p-2. The van der Waals surface area contributed by atoms with Crippen LogP contribution in [0.25, 0.3) is 0 Å². The maximum atomic E-state index is 2.96. The maximum absolute atomic E-state index is 2.96. The van der Waals surface area contributed by atoms with Crippen LogP contribution in [0.1, 0.15) is 5.56 Å². The molecular formula is C7H7Cl2Cr. The summed E-state index contributed by atoms with van der Waals surface area (Å²) in [5, 5.41) is 1.01. The minimum absolute atomic E-state index is 0. The van der Waals surface area contributed by atoms with Gasteiger partial charge in [-0.05, 0) is 0 Å². The normalized spacial score (nSPS) is 7.10. The first-order chi connectivity index (χ1) is 3.93. The van der Waals surface area contributed by atoms with Crippen LogP contribution in [-0.2, 0) is 21.6 Å². The Hall–Kier alpha value is 0.332. The Kier molecular flexibility index (Phi) is 9.64. The van der Waals surface area contributed by atoms with Crippen LogP contribution < -0.4 is 24.8 Å². The molecule has 55 valence electrons. The Balaban J connectivity index is 0. The van der Waals surface area contributed by atoms with Crippen LogP contribution >= 0.6 is 0 Å². The van der Waals surface area contributed by atoms with Crippen molar-refractivity contribution in [1.29, 1.82) is 0 Å². The summed E-state index contributed by atoms with van der Waals surface area (Å²) in [7, 11) is 0. The van der Waals surface area contributed by atoms with Crippen molar-refractivity contribution >= 4 is 0 Å². The fraction of sp³-hybridized carbons (Fsp3) is 0.143. The average molecular weight is 214 g/mol. The molecule has 0 spiro atoms. The second kappa shape index (κ2) is 7.44. The first-order valence-corrected chi connectivity index (χ1v) is 3.45. The summed E-state index contributed by atoms with van der Waals surface area (Å²) >= 11 is 2.96. The molecule has 10 heavy (non-hydrogen) atoms. The number of rotatable bonds is 1. The molecule has 1 aromatic carbocycles. The molecule has 0 aliphatic heterocycles. The van der Waals surface area contributed by atoms with Gasteiger partial charge in [-0.15, -0.1) is 0 Å². The summed E-state index contributed by atoms with van der Waals surface area (Å²) in [6.07, 6.45) is 0. The number of hydrogen-bond acceptors (Lipinski definition) is 0. The fourth-order valence-corrected chi connectivity index (χ4v) is 0.875. The van der Waals surface area contributed by atoms with Crippen molar-refractivity contribution in [3.8, 4) is 0 Å². The van der Waals surface area contributed by atoms with Crippen molar-refractivity contribution in [2.45, 2.75) is 5.28 Å². The van der Waals surface area contributed by atoms with E-state index in [4.69, 9.17) is 0 Å². The first-order valence-electron chi connectivity index (χ1n) is 2.55. The van der Waals surface area contributed by atoms with Crippen molar-refractivity contribution in [3.05, 3.63) is 35.9 Å². The van der Waals surface area contributed by atoms with Crippen LogP contribution in [0.15, 0.2) is 30.3 Å². The Bertz CT molecular complexity index is 153. The Morgan fingerprint density at radius 1 is 1.00 bits per heavy atom. The van der Waals surface area contributed by atoms with E-state index in [0.717, 1.165) is 5.28 Å². The summed E-state index contributed by atoms with van der Waals surface area (Å²) in [5.41, 5.74) is 1.35. The van der Waals surface area contributed by atoms with Gasteiger partial charge >= 0.3 is 57.5 Å². The molecule has 0 amide bonds. The van der Waals surface area contributed by atoms with E-state index in [1.807, 2.05) is 18.2 Å². The molecule has 3 heteroatoms. The van der Waals surface area contributed by atoms with Crippen LogP contribution in [0.5, 0.6) is 0 Å². The van der Waals surface area contributed by atoms with Gasteiger partial charge in [0, 0.05) is 0 Å². The zero-order valence-corrected chi connectivity index (χ0v) is 8.04. The third-order valence-corrected chi connectivity index (χ3v) is 1.53. The minimum atomic E-state index is 0. The summed E-state index contributed by atoms with van der Waals surface area (Å²) in [6.45, 7) is 0. The molecule has 0 radical (unpaired) electrons. The molecule has 1 aromatic rings. The second-order valence-corrected chi connectivity index (χ2v) is 2.08. The van der Waals surface area contributed by atoms with Gasteiger partial charge in [0.05, 0.1) is 0 Å². The number of hydrogen-bond donors (Lipinski definition) is 0. The first kappa shape index (κ1) is 13.0. The monoisotopic (exact) mass is 213 g/mol. The van der Waals surface area contributed by atoms with Gasteiger partial charge in [-0.1, -0.05) is 0 Å². The van der Waals surface area contributed by atoms with Crippen LogP contribution in [0, 0.1) is 0 Å². The van der Waals surface area contributed by atoms with Crippen molar-refractivity contribution in [2.24, 2.45) is 0 Å². The molecule has 0 saturated heterocycles. The van der Waals surface area contributed by atoms with E-state index in [2.05, 4.69) is 28.4 Å². The molecule has 0 aromatic heterocycles. The van der Waals surface area contributed by atoms with Gasteiger partial charge in [-0.2, -0.15) is 0 Å². The van der Waals surface area contributed by atoms with Gasteiger partial charge in [0.25, 0.3) is 0 Å². The quantitative estimate of drug-likeness (QED) is 0.444. The molecule has 1 rings (SSSR count). The molecule has 0 bridgehead atoms. The molecule has 0 fully saturated rings. The van der Waals surface area contributed by atoms with Crippen LogP contribution in [0.4, 0.5) is 0 Å². The van der Waals surface area contributed by atoms with Crippen molar-refractivity contribution in [1.82, 2.24) is 0 Å². The van der Waals surface area contributed by atoms with Gasteiger partial charge in [0.15, 0.2) is 0 Å². The van der Waals surface area contributed by atoms with Gasteiger partial charge in [0.2, 0.25) is 0 Å². The molecule has 0 heterocycles. The van der Waals surface area contributed by atoms with Gasteiger partial charge < -0.3 is 24.8 Å². The SMILES string of the molecule is [Cl-].[Cl-].[Cr+2][CH2]c1ccccc1. The van der Waals surface area contributed by atoms with Gasteiger partial charge in [-0.3, -0.25) is 0 Å². The van der Waals surface area contributed by atoms with E-state index in [-0.39, 0.29) is 24.8 Å². The molecule has 0 nitrogen and oxygen atoms in total. The van der Waals surface area contributed by atoms with Crippen molar-refractivity contribution in [3.63, 3.8) is 0 Å². The summed E-state index contributed by atoms with van der Waals surface area (Å²) in [4.78, 5) is 0. The Morgan fingerprint density at radius 3 is 1.80 bits per heavy atom. The van der Waals surface area contributed by atoms with Gasteiger partial charge in [-0.25, -0.2) is 0 Å². The summed E-state index contributed by atoms with van der Waals surface area (Å²) in [5.74, 6) is 0. The molecule has 0 saturated carbocycles. The van der Waals surface area contributed by atoms with Crippen molar-refractivity contribution in [2.75, 3.05) is 0 Å². The Labute approximate surface area is 82.3 Å². The second-order valence-electron chi connectivity index (χ2n) is 1.63. The Morgan fingerprint density at radius 2 is 1.50 bits per heavy atom. The molecule has 0 aliphatic rings. The van der Waals surface area contributed by atoms with E-state index < -0.39 is 0 Å². The zero-order valence-electron chi connectivity index (χ0n) is 5.26. The van der Waals surface area contributed by atoms with E-state index in [9.17, 15) is 0 Å². The van der Waals surface area contributed by atoms with Crippen LogP contribution in [0.2, 0.25) is 0 Å². The van der Waals surface area contributed by atoms with E-state index >= 15 is 0 Å². The summed E-state index contributed by atoms with van der Waals surface area (Å²) < 4.78 is 0. The fourth-order valence-electron chi connectivity index (χ4n) is 0.574. The topological polar surface area (TPSA) is 0 Å². The molecule has 0 N–H and O–H groups in total. The van der Waals surface area contributed by atoms with E-state index in [1.54, 1.807) is 0 Å². The molecular weight excluding hydrogens is 207 g/mol. The molecule has 0 aliphatic carbocycles. The third-order valence-electron chi connectivity index (χ3n) is 1.01. The number of benzene rings is 1. The van der Waals surface area contributed by atoms with Crippen LogP contribution in [-0.4, -0.2) is 0 Å². The van der Waals surface area contributed by atoms with E-state index in [0.29, 0.717) is 0 Å². The summed E-state index contributed by atoms with van der Waals surface area (Å²) in [6, 6.07) is 10.3. The zero-order chi connectivity index (χ0) is 5.82. The van der Waals surface area contributed by atoms with Crippen molar-refractivity contribution < 1.29 is 41.1 Å². The molecule has 0 unspecified atom stereocenters. The predicted molar refractivity (Wildman–Crippen MR) is 30.1 cm³/mol. The predicted octanol–water partition coefficient (Wildman–Crippen LogP) is -4.26. The van der Waals surface area contributed by atoms with Gasteiger partial charge in [0.1, 0.15) is 0 Å². The van der Waals surface area contributed by atoms with E-state index in [1.165, 1.54) is 5.56 Å². The molecule has 0 atom stereocenters. The number of halogens is 2. The average Bonchev–Trinajstić information content (AvgIpc) is 1.90.